The Kier molecular flexibility index (Phi) is 4.22. The third-order valence-electron chi connectivity index (χ3n) is 2.78. The molecule has 0 bridgehead atoms. The zero-order valence-electron chi connectivity index (χ0n) is 10.7. The molecule has 0 saturated carbocycles. The van der Waals surface area contributed by atoms with Gasteiger partial charge in [-0.25, -0.2) is 0 Å². The van der Waals surface area contributed by atoms with E-state index < -0.39 is 0 Å². The number of carbonyl (C=O) groups excluding carboxylic acids is 2. The van der Waals surface area contributed by atoms with E-state index >= 15 is 0 Å². The molecule has 2 rings (SSSR count). The Morgan fingerprint density at radius 3 is 2.68 bits per heavy atom. The third kappa shape index (κ3) is 3.61. The van der Waals surface area contributed by atoms with Gasteiger partial charge in [0, 0.05) is 26.4 Å². The molecule has 0 spiro atoms. The van der Waals surface area contributed by atoms with Crippen LogP contribution in [0.25, 0.3) is 0 Å². The van der Waals surface area contributed by atoms with Crippen molar-refractivity contribution in [1.82, 2.24) is 10.6 Å². The summed E-state index contributed by atoms with van der Waals surface area (Å²) in [4.78, 5) is 22.5. The van der Waals surface area contributed by atoms with Gasteiger partial charge in [0.15, 0.2) is 11.5 Å². The molecule has 2 N–H and O–H groups in total. The fourth-order valence-electron chi connectivity index (χ4n) is 1.69. The number of hydrogen-bond acceptors (Lipinski definition) is 4. The molecule has 0 unspecified atom stereocenters. The van der Waals surface area contributed by atoms with Crippen LogP contribution in [-0.4, -0.2) is 25.7 Å². The van der Waals surface area contributed by atoms with Gasteiger partial charge < -0.3 is 20.1 Å². The zero-order chi connectivity index (χ0) is 13.7. The highest BCUT2D eigenvalue weighted by atomic mass is 16.7. The van der Waals surface area contributed by atoms with Gasteiger partial charge in [0.05, 0.1) is 0 Å². The summed E-state index contributed by atoms with van der Waals surface area (Å²) in [6, 6.07) is 5.52. The molecule has 102 valence electrons. The van der Waals surface area contributed by atoms with Crippen molar-refractivity contribution in [3.05, 3.63) is 23.8 Å². The topological polar surface area (TPSA) is 76.7 Å². The Morgan fingerprint density at radius 2 is 1.89 bits per heavy atom. The molecular weight excluding hydrogens is 248 g/mol. The summed E-state index contributed by atoms with van der Waals surface area (Å²) in [7, 11) is 1.55. The van der Waals surface area contributed by atoms with Gasteiger partial charge in [-0.3, -0.25) is 9.59 Å². The first kappa shape index (κ1) is 13.2. The predicted molar refractivity (Wildman–Crippen MR) is 67.7 cm³/mol. The summed E-state index contributed by atoms with van der Waals surface area (Å²) in [6.45, 7) is 0.639. The molecular formula is C13H16N2O4. The Hall–Kier alpha value is -2.24. The molecule has 6 heteroatoms. The smallest absolute Gasteiger partial charge is 0.231 e. The first-order valence-electron chi connectivity index (χ1n) is 6.05. The van der Waals surface area contributed by atoms with E-state index in [1.165, 1.54) is 0 Å². The number of fused-ring (bicyclic) bond motifs is 1. The third-order valence-corrected chi connectivity index (χ3v) is 2.78. The fourth-order valence-corrected chi connectivity index (χ4v) is 1.69. The van der Waals surface area contributed by atoms with Crippen molar-refractivity contribution in [3.63, 3.8) is 0 Å². The molecule has 0 radical (unpaired) electrons. The lowest BCUT2D eigenvalue weighted by Crippen LogP contribution is -2.25. The second kappa shape index (κ2) is 6.08. The standard InChI is InChI=1S/C13H16N2O4/c1-14-12(16)4-5-13(17)15-7-9-2-3-10-11(6-9)19-8-18-10/h2-3,6H,4-5,7-8H2,1H3,(H,14,16)(H,15,17). The van der Waals surface area contributed by atoms with Crippen molar-refractivity contribution < 1.29 is 19.1 Å². The molecule has 19 heavy (non-hydrogen) atoms. The maximum atomic E-state index is 11.5. The van der Waals surface area contributed by atoms with Crippen molar-refractivity contribution in [1.29, 1.82) is 0 Å². The first-order valence-corrected chi connectivity index (χ1v) is 6.05. The average Bonchev–Trinajstić information content (AvgIpc) is 2.89. The van der Waals surface area contributed by atoms with Gasteiger partial charge >= 0.3 is 0 Å². The summed E-state index contributed by atoms with van der Waals surface area (Å²) in [5, 5.41) is 5.23. The molecule has 0 fully saturated rings. The van der Waals surface area contributed by atoms with Crippen LogP contribution in [0.15, 0.2) is 18.2 Å². The molecule has 1 aliphatic rings. The number of rotatable bonds is 5. The monoisotopic (exact) mass is 264 g/mol. The Labute approximate surface area is 111 Å². The van der Waals surface area contributed by atoms with Crippen LogP contribution < -0.4 is 20.1 Å². The minimum atomic E-state index is -0.152. The van der Waals surface area contributed by atoms with E-state index in [1.807, 2.05) is 18.2 Å². The van der Waals surface area contributed by atoms with E-state index in [0.717, 1.165) is 11.3 Å². The van der Waals surface area contributed by atoms with Crippen molar-refractivity contribution in [3.8, 4) is 11.5 Å². The normalized spacial score (nSPS) is 12.1. The van der Waals surface area contributed by atoms with Gasteiger partial charge in [-0.05, 0) is 17.7 Å². The van der Waals surface area contributed by atoms with Crippen LogP contribution >= 0.6 is 0 Å². The van der Waals surface area contributed by atoms with Crippen molar-refractivity contribution in [2.45, 2.75) is 19.4 Å². The quantitative estimate of drug-likeness (QED) is 0.814. The first-order chi connectivity index (χ1) is 9.19. The van der Waals surface area contributed by atoms with Crippen molar-refractivity contribution in [2.24, 2.45) is 0 Å². The number of carbonyl (C=O) groups is 2. The van der Waals surface area contributed by atoms with Gasteiger partial charge in [-0.2, -0.15) is 0 Å². The minimum Gasteiger partial charge on any atom is -0.454 e. The second-order valence-electron chi connectivity index (χ2n) is 4.14. The molecule has 2 amide bonds. The number of benzene rings is 1. The van der Waals surface area contributed by atoms with Gasteiger partial charge in [0.2, 0.25) is 18.6 Å². The maximum absolute atomic E-state index is 11.5. The Balaban J connectivity index is 1.79. The highest BCUT2D eigenvalue weighted by molar-refractivity contribution is 5.83. The predicted octanol–water partition coefficient (Wildman–Crippen LogP) is 0.558. The molecule has 1 aromatic rings. The van der Waals surface area contributed by atoms with Gasteiger partial charge in [-0.15, -0.1) is 0 Å². The van der Waals surface area contributed by atoms with Crippen LogP contribution in [0, 0.1) is 0 Å². The summed E-state index contributed by atoms with van der Waals surface area (Å²) in [6.07, 6.45) is 0.383. The highest BCUT2D eigenvalue weighted by Gasteiger charge is 2.13. The van der Waals surface area contributed by atoms with Crippen molar-refractivity contribution in [2.75, 3.05) is 13.8 Å². The lowest BCUT2D eigenvalue weighted by molar-refractivity contribution is -0.126. The molecule has 0 saturated heterocycles. The Morgan fingerprint density at radius 1 is 1.16 bits per heavy atom. The summed E-state index contributed by atoms with van der Waals surface area (Å²) in [5.74, 6) is 1.12. The van der Waals surface area contributed by atoms with E-state index in [1.54, 1.807) is 7.05 Å². The van der Waals surface area contributed by atoms with E-state index in [4.69, 9.17) is 9.47 Å². The summed E-state index contributed by atoms with van der Waals surface area (Å²) < 4.78 is 10.5. The zero-order valence-corrected chi connectivity index (χ0v) is 10.7. The number of nitrogens with one attached hydrogen (secondary N) is 2. The van der Waals surface area contributed by atoms with Gasteiger partial charge in [0.1, 0.15) is 0 Å². The average molecular weight is 264 g/mol. The largest absolute Gasteiger partial charge is 0.454 e. The number of hydrogen-bond donors (Lipinski definition) is 2. The number of amides is 2. The van der Waals surface area contributed by atoms with E-state index in [2.05, 4.69) is 10.6 Å². The van der Waals surface area contributed by atoms with Crippen LogP contribution in [0.1, 0.15) is 18.4 Å². The van der Waals surface area contributed by atoms with Crippen LogP contribution in [0.4, 0.5) is 0 Å². The summed E-state index contributed by atoms with van der Waals surface area (Å²) >= 11 is 0. The summed E-state index contributed by atoms with van der Waals surface area (Å²) in [5.41, 5.74) is 0.928. The van der Waals surface area contributed by atoms with Gasteiger partial charge in [0.25, 0.3) is 0 Å². The molecule has 6 nitrogen and oxygen atoms in total. The lowest BCUT2D eigenvalue weighted by Gasteiger charge is -2.06. The van der Waals surface area contributed by atoms with Crippen LogP contribution in [-0.2, 0) is 16.1 Å². The molecule has 1 aromatic carbocycles. The van der Waals surface area contributed by atoms with Crippen LogP contribution in [0.2, 0.25) is 0 Å². The number of ether oxygens (including phenoxy) is 2. The molecule has 0 aliphatic carbocycles. The van der Waals surface area contributed by atoms with E-state index in [9.17, 15) is 9.59 Å². The van der Waals surface area contributed by atoms with E-state index in [0.29, 0.717) is 12.3 Å². The van der Waals surface area contributed by atoms with Crippen LogP contribution in [0.5, 0.6) is 11.5 Å². The fraction of sp³-hybridized carbons (Fsp3) is 0.385. The van der Waals surface area contributed by atoms with Gasteiger partial charge in [-0.1, -0.05) is 6.07 Å². The SMILES string of the molecule is CNC(=O)CCC(=O)NCc1ccc2c(c1)OCO2. The lowest BCUT2D eigenvalue weighted by atomic mass is 10.2. The minimum absolute atomic E-state index is 0.141. The molecule has 0 atom stereocenters. The second-order valence-corrected chi connectivity index (χ2v) is 4.14. The van der Waals surface area contributed by atoms with E-state index in [-0.39, 0.29) is 31.4 Å². The van der Waals surface area contributed by atoms with Crippen LogP contribution in [0.3, 0.4) is 0 Å². The Bertz CT molecular complexity index is 488. The molecule has 1 aliphatic heterocycles. The highest BCUT2D eigenvalue weighted by Crippen LogP contribution is 2.32. The maximum Gasteiger partial charge on any atom is 0.231 e. The molecule has 0 aromatic heterocycles. The van der Waals surface area contributed by atoms with Crippen molar-refractivity contribution >= 4 is 11.8 Å². The molecule has 1 heterocycles.